The summed E-state index contributed by atoms with van der Waals surface area (Å²) in [6, 6.07) is 3.69. The molecule has 0 aliphatic carbocycles. The highest BCUT2D eigenvalue weighted by atomic mass is 79.9. The van der Waals surface area contributed by atoms with Crippen molar-refractivity contribution in [3.05, 3.63) is 22.2 Å². The first-order valence-electron chi connectivity index (χ1n) is 7.16. The quantitative estimate of drug-likeness (QED) is 0.807. The number of phenols is 1. The number of ether oxygens (including phenoxy) is 1. The van der Waals surface area contributed by atoms with Crippen molar-refractivity contribution >= 4 is 34.2 Å². The zero-order valence-electron chi connectivity index (χ0n) is 12.8. The van der Waals surface area contributed by atoms with Crippen LogP contribution in [0.1, 0.15) is 30.1 Å². The second kappa shape index (κ2) is 8.60. The second-order valence-corrected chi connectivity index (χ2v) is 5.96. The van der Waals surface area contributed by atoms with E-state index in [0.717, 1.165) is 19.5 Å². The van der Waals surface area contributed by atoms with Crippen LogP contribution < -0.4 is 10.1 Å². The highest BCUT2D eigenvalue weighted by Crippen LogP contribution is 2.34. The Bertz CT molecular complexity index is 528. The van der Waals surface area contributed by atoms with Crippen molar-refractivity contribution in [1.29, 1.82) is 0 Å². The summed E-state index contributed by atoms with van der Waals surface area (Å²) in [7, 11) is 1.48. The number of carbonyl (C=O) groups excluding carboxylic acids is 1. The number of likely N-dealkylation sites (N-methyl/N-ethyl adjacent to an activating group) is 1. The minimum absolute atomic E-state index is 0. The fourth-order valence-corrected chi connectivity index (χ4v) is 3.11. The third kappa shape index (κ3) is 4.06. The summed E-state index contributed by atoms with van der Waals surface area (Å²) in [6.07, 6.45) is 2.26. The molecule has 1 aromatic carbocycles. The predicted molar refractivity (Wildman–Crippen MR) is 92.2 cm³/mol. The van der Waals surface area contributed by atoms with Gasteiger partial charge in [-0.3, -0.25) is 9.69 Å². The number of carbonyl (C=O) groups is 1. The second-order valence-electron chi connectivity index (χ2n) is 5.11. The number of nitrogens with one attached hydrogen (secondary N) is 1. The van der Waals surface area contributed by atoms with E-state index in [2.05, 4.69) is 33.1 Å². The molecule has 0 radical (unpaired) electrons. The minimum Gasteiger partial charge on any atom is -0.506 e. The first-order chi connectivity index (χ1) is 10.1. The number of halogens is 2. The van der Waals surface area contributed by atoms with E-state index < -0.39 is 0 Å². The summed E-state index contributed by atoms with van der Waals surface area (Å²) in [6.45, 7) is 4.79. The Morgan fingerprint density at radius 2 is 2.27 bits per heavy atom. The Kier molecular flexibility index (Phi) is 7.45. The standard InChI is InChI=1S/C15H21BrN2O3.ClH/c1-3-18-8-4-5-10(18)9-17-15(20)13-12(21-2)7-6-11(16)14(13)19;/h6-7,10,19H,3-5,8-9H2,1-2H3,(H,17,20);1H. The van der Waals surface area contributed by atoms with E-state index in [1.807, 2.05) is 0 Å². The van der Waals surface area contributed by atoms with Gasteiger partial charge in [0.15, 0.2) is 0 Å². The zero-order chi connectivity index (χ0) is 15.4. The number of hydrogen-bond donors (Lipinski definition) is 2. The van der Waals surface area contributed by atoms with Gasteiger partial charge in [-0.2, -0.15) is 0 Å². The van der Waals surface area contributed by atoms with Crippen molar-refractivity contribution < 1.29 is 14.6 Å². The van der Waals surface area contributed by atoms with E-state index in [-0.39, 0.29) is 29.6 Å². The average molecular weight is 394 g/mol. The van der Waals surface area contributed by atoms with Gasteiger partial charge in [0, 0.05) is 12.6 Å². The largest absolute Gasteiger partial charge is 0.506 e. The van der Waals surface area contributed by atoms with E-state index in [4.69, 9.17) is 4.74 Å². The highest BCUT2D eigenvalue weighted by Gasteiger charge is 2.25. The molecule has 0 bridgehead atoms. The molecule has 1 atom stereocenters. The maximum atomic E-state index is 12.4. The van der Waals surface area contributed by atoms with Crippen molar-refractivity contribution in [3.8, 4) is 11.5 Å². The maximum Gasteiger partial charge on any atom is 0.258 e. The monoisotopic (exact) mass is 392 g/mol. The topological polar surface area (TPSA) is 61.8 Å². The lowest BCUT2D eigenvalue weighted by Crippen LogP contribution is -2.40. The van der Waals surface area contributed by atoms with Gasteiger partial charge < -0.3 is 15.2 Å². The molecule has 1 aliphatic heterocycles. The number of phenolic OH excluding ortho intramolecular Hbond substituents is 1. The number of benzene rings is 1. The van der Waals surface area contributed by atoms with Gasteiger partial charge in [-0.15, -0.1) is 12.4 Å². The molecule has 22 heavy (non-hydrogen) atoms. The summed E-state index contributed by atoms with van der Waals surface area (Å²) in [5.41, 5.74) is 0.174. The molecule has 1 heterocycles. The molecule has 5 nitrogen and oxygen atoms in total. The number of hydrogen-bond acceptors (Lipinski definition) is 4. The normalized spacial score (nSPS) is 17.9. The number of likely N-dealkylation sites (tertiary alicyclic amines) is 1. The number of nitrogens with zero attached hydrogens (tertiary/aromatic N) is 1. The number of aromatic hydroxyl groups is 1. The number of rotatable bonds is 5. The van der Waals surface area contributed by atoms with Crippen molar-refractivity contribution in [2.24, 2.45) is 0 Å². The molecule has 1 amide bonds. The first kappa shape index (κ1) is 19.1. The lowest BCUT2D eigenvalue weighted by Gasteiger charge is -2.23. The van der Waals surface area contributed by atoms with Crippen LogP contribution >= 0.6 is 28.3 Å². The summed E-state index contributed by atoms with van der Waals surface area (Å²) in [5, 5.41) is 13.0. The van der Waals surface area contributed by atoms with E-state index in [1.165, 1.54) is 13.5 Å². The summed E-state index contributed by atoms with van der Waals surface area (Å²) in [4.78, 5) is 14.7. The van der Waals surface area contributed by atoms with Gasteiger partial charge in [-0.1, -0.05) is 6.92 Å². The molecular weight excluding hydrogens is 372 g/mol. The Balaban J connectivity index is 0.00000242. The molecule has 2 rings (SSSR count). The van der Waals surface area contributed by atoms with Crippen molar-refractivity contribution in [3.63, 3.8) is 0 Å². The predicted octanol–water partition coefficient (Wildman–Crippen LogP) is 2.80. The number of amides is 1. The molecule has 1 unspecified atom stereocenters. The van der Waals surface area contributed by atoms with Crippen molar-refractivity contribution in [2.45, 2.75) is 25.8 Å². The Morgan fingerprint density at radius 1 is 1.55 bits per heavy atom. The third-order valence-electron chi connectivity index (χ3n) is 3.94. The van der Waals surface area contributed by atoms with Gasteiger partial charge in [-0.25, -0.2) is 0 Å². The lowest BCUT2D eigenvalue weighted by atomic mass is 10.1. The SMILES string of the molecule is CCN1CCCC1CNC(=O)c1c(OC)ccc(Br)c1O.Cl. The fraction of sp³-hybridized carbons (Fsp3) is 0.533. The molecule has 1 aromatic rings. The first-order valence-corrected chi connectivity index (χ1v) is 7.95. The molecule has 7 heteroatoms. The molecule has 1 fully saturated rings. The molecular formula is C15H22BrClN2O3. The highest BCUT2D eigenvalue weighted by molar-refractivity contribution is 9.10. The minimum atomic E-state index is -0.311. The maximum absolute atomic E-state index is 12.4. The Morgan fingerprint density at radius 3 is 2.91 bits per heavy atom. The molecule has 0 aromatic heterocycles. The molecule has 0 saturated carbocycles. The van der Waals surface area contributed by atoms with Crippen LogP contribution in [0, 0.1) is 0 Å². The van der Waals surface area contributed by atoms with Crippen LogP contribution in [0.3, 0.4) is 0 Å². The van der Waals surface area contributed by atoms with Crippen molar-refractivity contribution in [1.82, 2.24) is 10.2 Å². The van der Waals surface area contributed by atoms with Gasteiger partial charge in [0.25, 0.3) is 5.91 Å². The summed E-state index contributed by atoms with van der Waals surface area (Å²) < 4.78 is 5.64. The lowest BCUT2D eigenvalue weighted by molar-refractivity contribution is 0.0935. The van der Waals surface area contributed by atoms with E-state index in [0.29, 0.717) is 22.8 Å². The molecule has 124 valence electrons. The fourth-order valence-electron chi connectivity index (χ4n) is 2.78. The van der Waals surface area contributed by atoms with E-state index >= 15 is 0 Å². The van der Waals surface area contributed by atoms with Gasteiger partial charge >= 0.3 is 0 Å². The van der Waals surface area contributed by atoms with Gasteiger partial charge in [0.2, 0.25) is 0 Å². The summed E-state index contributed by atoms with van der Waals surface area (Å²) >= 11 is 3.22. The zero-order valence-corrected chi connectivity index (χ0v) is 15.2. The molecule has 1 aliphatic rings. The Hall–Kier alpha value is -0.980. The van der Waals surface area contributed by atoms with Crippen LogP contribution in [0.4, 0.5) is 0 Å². The van der Waals surface area contributed by atoms with Crippen LogP contribution in [-0.2, 0) is 0 Å². The average Bonchev–Trinajstić information content (AvgIpc) is 2.94. The van der Waals surface area contributed by atoms with Crippen LogP contribution in [0.2, 0.25) is 0 Å². The number of methoxy groups -OCH3 is 1. The Labute approximate surface area is 145 Å². The van der Waals surface area contributed by atoms with E-state index in [9.17, 15) is 9.90 Å². The van der Waals surface area contributed by atoms with Crippen LogP contribution in [0.15, 0.2) is 16.6 Å². The van der Waals surface area contributed by atoms with Gasteiger partial charge in [0.05, 0.1) is 11.6 Å². The van der Waals surface area contributed by atoms with Gasteiger partial charge in [0.1, 0.15) is 17.1 Å². The summed E-state index contributed by atoms with van der Waals surface area (Å²) in [5.74, 6) is -0.0359. The van der Waals surface area contributed by atoms with Crippen molar-refractivity contribution in [2.75, 3.05) is 26.7 Å². The third-order valence-corrected chi connectivity index (χ3v) is 4.58. The van der Waals surface area contributed by atoms with Crippen LogP contribution in [-0.4, -0.2) is 48.7 Å². The van der Waals surface area contributed by atoms with Crippen LogP contribution in [0.25, 0.3) is 0 Å². The van der Waals surface area contributed by atoms with E-state index in [1.54, 1.807) is 12.1 Å². The molecule has 2 N–H and O–H groups in total. The smallest absolute Gasteiger partial charge is 0.258 e. The molecule has 0 spiro atoms. The van der Waals surface area contributed by atoms with Crippen LogP contribution in [0.5, 0.6) is 11.5 Å². The molecule has 1 saturated heterocycles. The van der Waals surface area contributed by atoms with Gasteiger partial charge in [-0.05, 0) is 54.0 Å².